The van der Waals surface area contributed by atoms with Crippen LogP contribution < -0.4 is 5.73 Å². The monoisotopic (exact) mass is 311 g/mol. The SMILES string of the molecule is Nc1ncnc2c1c(C(=O)O)nn2C1OC(CO)C(O)C1O. The minimum absolute atomic E-state index is 0.00717. The average molecular weight is 311 g/mol. The third-order valence-electron chi connectivity index (χ3n) is 3.48. The van der Waals surface area contributed by atoms with Gasteiger partial charge in [-0.1, -0.05) is 0 Å². The van der Waals surface area contributed by atoms with Crippen molar-refractivity contribution in [2.45, 2.75) is 24.5 Å². The third-order valence-corrected chi connectivity index (χ3v) is 3.48. The van der Waals surface area contributed by atoms with Crippen molar-refractivity contribution in [3.05, 3.63) is 12.0 Å². The second-order valence-electron chi connectivity index (χ2n) is 4.78. The number of carbonyl (C=O) groups is 1. The van der Waals surface area contributed by atoms with Crippen molar-refractivity contribution in [3.63, 3.8) is 0 Å². The first-order chi connectivity index (χ1) is 10.5. The van der Waals surface area contributed by atoms with E-state index in [0.29, 0.717) is 0 Å². The summed E-state index contributed by atoms with van der Waals surface area (Å²) in [5.74, 6) is -1.43. The van der Waals surface area contributed by atoms with Crippen LogP contribution in [0.2, 0.25) is 0 Å². The molecule has 118 valence electrons. The van der Waals surface area contributed by atoms with Gasteiger partial charge in [0.25, 0.3) is 0 Å². The number of nitrogens with zero attached hydrogens (tertiary/aromatic N) is 4. The van der Waals surface area contributed by atoms with Gasteiger partial charge in [0, 0.05) is 0 Å². The number of hydrogen-bond donors (Lipinski definition) is 5. The molecule has 4 atom stereocenters. The second-order valence-corrected chi connectivity index (χ2v) is 4.78. The van der Waals surface area contributed by atoms with Gasteiger partial charge in [-0.3, -0.25) is 0 Å². The zero-order valence-corrected chi connectivity index (χ0v) is 11.1. The molecule has 0 aliphatic carbocycles. The van der Waals surface area contributed by atoms with Crippen molar-refractivity contribution >= 4 is 22.8 Å². The molecule has 1 aliphatic rings. The lowest BCUT2D eigenvalue weighted by molar-refractivity contribution is -0.0568. The normalized spacial score (nSPS) is 28.3. The van der Waals surface area contributed by atoms with E-state index in [4.69, 9.17) is 15.6 Å². The smallest absolute Gasteiger partial charge is 0.357 e. The van der Waals surface area contributed by atoms with E-state index in [1.807, 2.05) is 0 Å². The molecular weight excluding hydrogens is 298 g/mol. The minimum atomic E-state index is -1.42. The molecule has 0 amide bonds. The number of rotatable bonds is 3. The highest BCUT2D eigenvalue weighted by Gasteiger charge is 2.45. The summed E-state index contributed by atoms with van der Waals surface area (Å²) in [5.41, 5.74) is 5.31. The molecule has 11 nitrogen and oxygen atoms in total. The number of carboxylic acids is 1. The van der Waals surface area contributed by atoms with E-state index in [0.717, 1.165) is 11.0 Å². The number of hydrogen-bond acceptors (Lipinski definition) is 9. The Morgan fingerprint density at radius 3 is 2.68 bits per heavy atom. The maximum absolute atomic E-state index is 11.3. The van der Waals surface area contributed by atoms with Crippen molar-refractivity contribution in [1.82, 2.24) is 19.7 Å². The van der Waals surface area contributed by atoms with Crippen LogP contribution in [0.3, 0.4) is 0 Å². The van der Waals surface area contributed by atoms with Gasteiger partial charge < -0.3 is 30.9 Å². The second kappa shape index (κ2) is 5.14. The lowest BCUT2D eigenvalue weighted by atomic mass is 10.1. The molecule has 3 heterocycles. The van der Waals surface area contributed by atoms with E-state index >= 15 is 0 Å². The lowest BCUT2D eigenvalue weighted by Gasteiger charge is -2.15. The Balaban J connectivity index is 2.16. The lowest BCUT2D eigenvalue weighted by Crippen LogP contribution is -2.33. The standard InChI is InChI=1S/C11H13N5O6/c12-8-4-5(11(20)21)15-16(9(4)14-2-13-8)10-7(19)6(18)3(1-17)22-10/h2-3,6-7,10,17-19H,1H2,(H,20,21)(H2,12,13,14). The van der Waals surface area contributed by atoms with Crippen LogP contribution in [-0.2, 0) is 4.74 Å². The Labute approximate surface area is 122 Å². The summed E-state index contributed by atoms with van der Waals surface area (Å²) in [5, 5.41) is 42.0. The number of anilines is 1. The van der Waals surface area contributed by atoms with Crippen molar-refractivity contribution in [2.24, 2.45) is 0 Å². The fourth-order valence-corrected chi connectivity index (χ4v) is 2.40. The molecule has 11 heteroatoms. The average Bonchev–Trinajstić information content (AvgIpc) is 3.00. The molecular formula is C11H13N5O6. The van der Waals surface area contributed by atoms with E-state index in [9.17, 15) is 20.1 Å². The number of aromatic carboxylic acids is 1. The predicted molar refractivity (Wildman–Crippen MR) is 69.7 cm³/mol. The predicted octanol–water partition coefficient (Wildman–Crippen LogP) is -2.28. The Kier molecular flexibility index (Phi) is 3.41. The van der Waals surface area contributed by atoms with Crippen LogP contribution in [0, 0.1) is 0 Å². The summed E-state index contributed by atoms with van der Waals surface area (Å²) in [6.45, 7) is -0.517. The molecule has 4 unspecified atom stereocenters. The molecule has 1 aliphatic heterocycles. The molecule has 2 aromatic rings. The fraction of sp³-hybridized carbons (Fsp3) is 0.455. The quantitative estimate of drug-likeness (QED) is 0.414. The minimum Gasteiger partial charge on any atom is -0.476 e. The van der Waals surface area contributed by atoms with Crippen LogP contribution in [0.25, 0.3) is 11.0 Å². The van der Waals surface area contributed by atoms with Gasteiger partial charge in [0.05, 0.1) is 12.0 Å². The number of fused-ring (bicyclic) bond motifs is 1. The van der Waals surface area contributed by atoms with Gasteiger partial charge in [-0.05, 0) is 0 Å². The molecule has 0 aromatic carbocycles. The zero-order valence-electron chi connectivity index (χ0n) is 11.1. The molecule has 6 N–H and O–H groups in total. The van der Waals surface area contributed by atoms with Crippen LogP contribution >= 0.6 is 0 Å². The molecule has 1 saturated heterocycles. The highest BCUT2D eigenvalue weighted by Crippen LogP contribution is 2.32. The van der Waals surface area contributed by atoms with Gasteiger partial charge in [-0.25, -0.2) is 19.4 Å². The van der Waals surface area contributed by atoms with Gasteiger partial charge in [-0.15, -0.1) is 0 Å². The van der Waals surface area contributed by atoms with Crippen molar-refractivity contribution < 1.29 is 30.0 Å². The number of aliphatic hydroxyl groups is 3. The number of nitrogens with two attached hydrogens (primary N) is 1. The van der Waals surface area contributed by atoms with E-state index < -0.39 is 42.8 Å². The Morgan fingerprint density at radius 1 is 1.36 bits per heavy atom. The molecule has 0 spiro atoms. The molecule has 0 radical (unpaired) electrons. The third kappa shape index (κ3) is 1.99. The van der Waals surface area contributed by atoms with Crippen LogP contribution in [0.15, 0.2) is 6.33 Å². The van der Waals surface area contributed by atoms with Crippen LogP contribution in [-0.4, -0.2) is 71.1 Å². The van der Waals surface area contributed by atoms with Gasteiger partial charge in [-0.2, -0.15) is 5.10 Å². The summed E-state index contributed by atoms with van der Waals surface area (Å²) >= 11 is 0. The molecule has 2 aromatic heterocycles. The number of nitrogen functional groups attached to an aromatic ring is 1. The highest BCUT2D eigenvalue weighted by atomic mass is 16.6. The first-order valence-electron chi connectivity index (χ1n) is 6.30. The molecule has 22 heavy (non-hydrogen) atoms. The van der Waals surface area contributed by atoms with E-state index in [1.165, 1.54) is 0 Å². The topological polar surface area (TPSA) is 177 Å². The van der Waals surface area contributed by atoms with E-state index in [1.54, 1.807) is 0 Å². The van der Waals surface area contributed by atoms with Gasteiger partial charge in [0.2, 0.25) is 0 Å². The first-order valence-corrected chi connectivity index (χ1v) is 6.30. The van der Waals surface area contributed by atoms with Gasteiger partial charge >= 0.3 is 5.97 Å². The van der Waals surface area contributed by atoms with Crippen LogP contribution in [0.5, 0.6) is 0 Å². The molecule has 1 fully saturated rings. The fourth-order valence-electron chi connectivity index (χ4n) is 2.40. The van der Waals surface area contributed by atoms with Crippen molar-refractivity contribution in [2.75, 3.05) is 12.3 Å². The first kappa shape index (κ1) is 14.6. The Bertz CT molecular complexity index is 733. The summed E-state index contributed by atoms with van der Waals surface area (Å²) in [4.78, 5) is 18.9. The summed E-state index contributed by atoms with van der Waals surface area (Å²) < 4.78 is 6.33. The maximum atomic E-state index is 11.3. The highest BCUT2D eigenvalue weighted by molar-refractivity contribution is 6.04. The van der Waals surface area contributed by atoms with E-state index in [-0.39, 0.29) is 16.9 Å². The summed E-state index contributed by atoms with van der Waals surface area (Å²) in [6.07, 6.45) is -3.88. The maximum Gasteiger partial charge on any atom is 0.357 e. The molecule has 3 rings (SSSR count). The zero-order chi connectivity index (χ0) is 16.0. The van der Waals surface area contributed by atoms with Gasteiger partial charge in [0.15, 0.2) is 17.6 Å². The van der Waals surface area contributed by atoms with Crippen molar-refractivity contribution in [1.29, 1.82) is 0 Å². The Morgan fingerprint density at radius 2 is 2.09 bits per heavy atom. The van der Waals surface area contributed by atoms with Gasteiger partial charge in [0.1, 0.15) is 30.5 Å². The Hall–Kier alpha value is -2.34. The summed E-state index contributed by atoms with van der Waals surface area (Å²) in [6, 6.07) is 0. The molecule has 0 saturated carbocycles. The number of ether oxygens (including phenoxy) is 1. The largest absolute Gasteiger partial charge is 0.476 e. The number of aliphatic hydroxyl groups excluding tert-OH is 3. The number of aromatic nitrogens is 4. The molecule has 0 bridgehead atoms. The summed E-state index contributed by atoms with van der Waals surface area (Å²) in [7, 11) is 0. The van der Waals surface area contributed by atoms with Crippen LogP contribution in [0.4, 0.5) is 5.82 Å². The number of carboxylic acid groups (broad SMARTS) is 1. The van der Waals surface area contributed by atoms with Crippen LogP contribution in [0.1, 0.15) is 16.7 Å². The van der Waals surface area contributed by atoms with E-state index in [2.05, 4.69) is 15.1 Å². The van der Waals surface area contributed by atoms with Crippen molar-refractivity contribution in [3.8, 4) is 0 Å².